The first-order valence-electron chi connectivity index (χ1n) is 9.44. The number of hydrogen-bond acceptors (Lipinski definition) is 2. The molecular weight excluding hydrogens is 336 g/mol. The quantitative estimate of drug-likeness (QED) is 0.822. The molecule has 0 atom stereocenters. The third kappa shape index (κ3) is 4.97. The Bertz CT molecular complexity index is 588. The number of carbonyl (C=O) groups is 2. The van der Waals surface area contributed by atoms with Gasteiger partial charge in [-0.25, -0.2) is 0 Å². The second-order valence-electron chi connectivity index (χ2n) is 7.17. The molecule has 1 aromatic rings. The van der Waals surface area contributed by atoms with E-state index in [1.807, 2.05) is 34.1 Å². The van der Waals surface area contributed by atoms with Gasteiger partial charge < -0.3 is 9.80 Å². The number of nitrogens with zero attached hydrogens (tertiary/aromatic N) is 2. The molecule has 0 N–H and O–H groups in total. The number of rotatable bonds is 4. The number of aryl methyl sites for hydroxylation is 1. The van der Waals surface area contributed by atoms with Crippen LogP contribution in [0.3, 0.4) is 0 Å². The molecule has 2 fully saturated rings. The van der Waals surface area contributed by atoms with Crippen molar-refractivity contribution in [3.63, 3.8) is 0 Å². The third-order valence-electron chi connectivity index (χ3n) is 5.44. The highest BCUT2D eigenvalue weighted by molar-refractivity contribution is 6.30. The first kappa shape index (κ1) is 18.2. The van der Waals surface area contributed by atoms with E-state index in [0.717, 1.165) is 24.8 Å². The Balaban J connectivity index is 1.42. The lowest BCUT2D eigenvalue weighted by Crippen LogP contribution is -2.52. The second-order valence-corrected chi connectivity index (χ2v) is 7.60. The van der Waals surface area contributed by atoms with Gasteiger partial charge in [0.1, 0.15) is 0 Å². The summed E-state index contributed by atoms with van der Waals surface area (Å²) in [6, 6.07) is 7.65. The summed E-state index contributed by atoms with van der Waals surface area (Å²) in [5, 5.41) is 0.717. The third-order valence-corrected chi connectivity index (χ3v) is 5.69. The summed E-state index contributed by atoms with van der Waals surface area (Å²) in [5.41, 5.74) is 1.13. The summed E-state index contributed by atoms with van der Waals surface area (Å²) in [7, 11) is 0. The van der Waals surface area contributed by atoms with Crippen LogP contribution in [0.5, 0.6) is 0 Å². The summed E-state index contributed by atoms with van der Waals surface area (Å²) in [5.74, 6) is 0.716. The highest BCUT2D eigenvalue weighted by Crippen LogP contribution is 2.26. The van der Waals surface area contributed by atoms with Crippen molar-refractivity contribution in [1.82, 2.24) is 9.80 Å². The number of amides is 2. The lowest BCUT2D eigenvalue weighted by Gasteiger charge is -2.37. The van der Waals surface area contributed by atoms with E-state index in [1.165, 1.54) is 19.3 Å². The maximum atomic E-state index is 12.6. The lowest BCUT2D eigenvalue weighted by molar-refractivity contribution is -0.142. The van der Waals surface area contributed by atoms with Gasteiger partial charge in [0.05, 0.1) is 0 Å². The van der Waals surface area contributed by atoms with Crippen LogP contribution in [0.25, 0.3) is 0 Å². The van der Waals surface area contributed by atoms with Gasteiger partial charge >= 0.3 is 0 Å². The van der Waals surface area contributed by atoms with Crippen LogP contribution in [0.4, 0.5) is 0 Å². The van der Waals surface area contributed by atoms with Crippen LogP contribution in [0.2, 0.25) is 5.02 Å². The molecule has 0 spiro atoms. The Morgan fingerprint density at radius 1 is 0.920 bits per heavy atom. The molecule has 5 heteroatoms. The number of halogens is 1. The molecule has 1 aliphatic carbocycles. The standard InChI is InChI=1S/C20H27ClN2O2/c21-18-9-6-16(7-10-18)8-11-19(24)22-12-14-23(15-13-22)20(25)17-4-2-1-3-5-17/h6-7,9-10,17H,1-5,8,11-15H2. The second kappa shape index (κ2) is 8.70. The first-order valence-corrected chi connectivity index (χ1v) is 9.82. The predicted octanol–water partition coefficient (Wildman–Crippen LogP) is 3.52. The molecule has 2 aliphatic rings. The molecular formula is C20H27ClN2O2. The molecule has 0 aromatic heterocycles. The molecule has 0 radical (unpaired) electrons. The summed E-state index contributed by atoms with van der Waals surface area (Å²) < 4.78 is 0. The van der Waals surface area contributed by atoms with Crippen molar-refractivity contribution in [2.75, 3.05) is 26.2 Å². The van der Waals surface area contributed by atoms with Crippen molar-refractivity contribution < 1.29 is 9.59 Å². The molecule has 1 heterocycles. The van der Waals surface area contributed by atoms with Gasteiger partial charge in [0.25, 0.3) is 0 Å². The van der Waals surface area contributed by atoms with E-state index in [9.17, 15) is 9.59 Å². The Kier molecular flexibility index (Phi) is 6.35. The van der Waals surface area contributed by atoms with Crippen LogP contribution in [-0.2, 0) is 16.0 Å². The summed E-state index contributed by atoms with van der Waals surface area (Å²) in [4.78, 5) is 28.9. The van der Waals surface area contributed by atoms with Crippen molar-refractivity contribution in [3.8, 4) is 0 Å². The zero-order valence-corrected chi connectivity index (χ0v) is 15.5. The van der Waals surface area contributed by atoms with Gasteiger partial charge in [-0.15, -0.1) is 0 Å². The Morgan fingerprint density at radius 2 is 1.52 bits per heavy atom. The monoisotopic (exact) mass is 362 g/mol. The summed E-state index contributed by atoms with van der Waals surface area (Å²) in [6.07, 6.45) is 6.95. The van der Waals surface area contributed by atoms with Crippen LogP contribution < -0.4 is 0 Å². The number of hydrogen-bond donors (Lipinski definition) is 0. The van der Waals surface area contributed by atoms with E-state index in [-0.39, 0.29) is 11.8 Å². The zero-order valence-electron chi connectivity index (χ0n) is 14.8. The fourth-order valence-electron chi connectivity index (χ4n) is 3.84. The predicted molar refractivity (Wildman–Crippen MR) is 99.5 cm³/mol. The molecule has 3 rings (SSSR count). The van der Waals surface area contributed by atoms with E-state index in [2.05, 4.69) is 0 Å². The zero-order chi connectivity index (χ0) is 17.6. The van der Waals surface area contributed by atoms with Crippen molar-refractivity contribution in [2.24, 2.45) is 5.92 Å². The van der Waals surface area contributed by atoms with Crippen LogP contribution in [0.15, 0.2) is 24.3 Å². The van der Waals surface area contributed by atoms with Crippen LogP contribution in [0, 0.1) is 5.92 Å². The first-order chi connectivity index (χ1) is 12.1. The van der Waals surface area contributed by atoms with Gasteiger partial charge in [0.15, 0.2) is 0 Å². The van der Waals surface area contributed by atoms with E-state index < -0.39 is 0 Å². The average Bonchev–Trinajstić information content (AvgIpc) is 2.67. The van der Waals surface area contributed by atoms with Crippen LogP contribution in [-0.4, -0.2) is 47.8 Å². The maximum Gasteiger partial charge on any atom is 0.225 e. The number of carbonyl (C=O) groups excluding carboxylic acids is 2. The highest BCUT2D eigenvalue weighted by Gasteiger charge is 2.29. The van der Waals surface area contributed by atoms with E-state index in [0.29, 0.717) is 43.5 Å². The molecule has 1 aromatic carbocycles. The Labute approximate surface area is 155 Å². The van der Waals surface area contributed by atoms with Crippen molar-refractivity contribution in [2.45, 2.75) is 44.9 Å². The number of piperazine rings is 1. The minimum Gasteiger partial charge on any atom is -0.339 e. The molecule has 1 saturated carbocycles. The van der Waals surface area contributed by atoms with Gasteiger partial charge in [-0.3, -0.25) is 9.59 Å². The van der Waals surface area contributed by atoms with Crippen LogP contribution >= 0.6 is 11.6 Å². The number of benzene rings is 1. The lowest BCUT2D eigenvalue weighted by atomic mass is 9.88. The molecule has 25 heavy (non-hydrogen) atoms. The minimum atomic E-state index is 0.180. The average molecular weight is 363 g/mol. The van der Waals surface area contributed by atoms with E-state index in [4.69, 9.17) is 11.6 Å². The Hall–Kier alpha value is -1.55. The topological polar surface area (TPSA) is 40.6 Å². The van der Waals surface area contributed by atoms with Crippen LogP contribution in [0.1, 0.15) is 44.1 Å². The molecule has 1 saturated heterocycles. The van der Waals surface area contributed by atoms with Crippen molar-refractivity contribution in [1.29, 1.82) is 0 Å². The smallest absolute Gasteiger partial charge is 0.225 e. The normalized spacial score (nSPS) is 19.1. The molecule has 2 amide bonds. The molecule has 0 bridgehead atoms. The molecule has 0 unspecified atom stereocenters. The van der Waals surface area contributed by atoms with Crippen molar-refractivity contribution in [3.05, 3.63) is 34.9 Å². The SMILES string of the molecule is O=C(CCc1ccc(Cl)cc1)N1CCN(C(=O)C2CCCCC2)CC1. The summed E-state index contributed by atoms with van der Waals surface area (Å²) in [6.45, 7) is 2.69. The highest BCUT2D eigenvalue weighted by atomic mass is 35.5. The van der Waals surface area contributed by atoms with Gasteiger partial charge in [0.2, 0.25) is 11.8 Å². The Morgan fingerprint density at radius 3 is 2.16 bits per heavy atom. The molecule has 136 valence electrons. The fourth-order valence-corrected chi connectivity index (χ4v) is 3.97. The molecule has 1 aliphatic heterocycles. The molecule has 4 nitrogen and oxygen atoms in total. The van der Waals surface area contributed by atoms with E-state index in [1.54, 1.807) is 0 Å². The maximum absolute atomic E-state index is 12.6. The van der Waals surface area contributed by atoms with Crippen molar-refractivity contribution >= 4 is 23.4 Å². The van der Waals surface area contributed by atoms with Gasteiger partial charge in [-0.2, -0.15) is 0 Å². The van der Waals surface area contributed by atoms with E-state index >= 15 is 0 Å². The minimum absolute atomic E-state index is 0.180. The largest absolute Gasteiger partial charge is 0.339 e. The van der Waals surface area contributed by atoms with Gasteiger partial charge in [-0.1, -0.05) is 43.0 Å². The fraction of sp³-hybridized carbons (Fsp3) is 0.600. The summed E-state index contributed by atoms with van der Waals surface area (Å²) >= 11 is 5.88. The van der Waals surface area contributed by atoms with Gasteiger partial charge in [0, 0.05) is 43.5 Å². The van der Waals surface area contributed by atoms with Gasteiger partial charge in [-0.05, 0) is 37.0 Å².